The van der Waals surface area contributed by atoms with Crippen LogP contribution < -0.4 is 15.5 Å². The molecule has 2 N–H and O–H groups in total. The van der Waals surface area contributed by atoms with E-state index in [0.29, 0.717) is 6.04 Å². The maximum atomic E-state index is 4.90. The highest BCUT2D eigenvalue weighted by molar-refractivity contribution is 5.52. The van der Waals surface area contributed by atoms with Crippen molar-refractivity contribution in [3.63, 3.8) is 0 Å². The number of hydrogen-bond donors (Lipinski definition) is 2. The molecule has 1 fully saturated rings. The standard InChI is InChI=1S/C25H37N5/c1-18-7-6-8-20(15-18)17-26-16-19-11-13-21(14-12-19)27-25-28-23-10-5-4-9-22(23)24(29-25)30(2)3/h6-8,15,19,21,26H,4-5,9-14,16-17H2,1-3H3,(H,27,28,29). The van der Waals surface area contributed by atoms with E-state index in [4.69, 9.17) is 9.97 Å². The molecule has 1 aromatic heterocycles. The number of hydrogen-bond acceptors (Lipinski definition) is 5. The number of rotatable bonds is 7. The fourth-order valence-electron chi connectivity index (χ4n) is 4.94. The first-order chi connectivity index (χ1) is 14.6. The Morgan fingerprint density at radius 3 is 2.60 bits per heavy atom. The summed E-state index contributed by atoms with van der Waals surface area (Å²) in [7, 11) is 4.19. The molecular weight excluding hydrogens is 370 g/mol. The summed E-state index contributed by atoms with van der Waals surface area (Å²) in [5.74, 6) is 2.71. The van der Waals surface area contributed by atoms with Gasteiger partial charge in [-0.15, -0.1) is 0 Å². The zero-order valence-electron chi connectivity index (χ0n) is 18.9. The van der Waals surface area contributed by atoms with Crippen LogP contribution in [0.25, 0.3) is 0 Å². The quantitative estimate of drug-likeness (QED) is 0.708. The smallest absolute Gasteiger partial charge is 0.225 e. The van der Waals surface area contributed by atoms with Gasteiger partial charge in [0.25, 0.3) is 0 Å². The van der Waals surface area contributed by atoms with Gasteiger partial charge in [0, 0.05) is 32.2 Å². The van der Waals surface area contributed by atoms with Crippen molar-refractivity contribution < 1.29 is 0 Å². The predicted octanol–water partition coefficient (Wildman–Crippen LogP) is 4.49. The van der Waals surface area contributed by atoms with Crippen molar-refractivity contribution in [1.82, 2.24) is 15.3 Å². The molecule has 162 valence electrons. The lowest BCUT2D eigenvalue weighted by Crippen LogP contribution is -2.32. The van der Waals surface area contributed by atoms with Crippen molar-refractivity contribution >= 4 is 11.8 Å². The monoisotopic (exact) mass is 407 g/mol. The van der Waals surface area contributed by atoms with Gasteiger partial charge in [-0.2, -0.15) is 4.98 Å². The van der Waals surface area contributed by atoms with Gasteiger partial charge in [0.05, 0.1) is 5.69 Å². The zero-order chi connectivity index (χ0) is 20.9. The number of aromatic nitrogens is 2. The van der Waals surface area contributed by atoms with Gasteiger partial charge in [-0.1, -0.05) is 29.8 Å². The molecule has 1 heterocycles. The van der Waals surface area contributed by atoms with Crippen LogP contribution in [0, 0.1) is 12.8 Å². The summed E-state index contributed by atoms with van der Waals surface area (Å²) in [6.45, 7) is 4.24. The largest absolute Gasteiger partial charge is 0.362 e. The van der Waals surface area contributed by atoms with Gasteiger partial charge >= 0.3 is 0 Å². The first-order valence-corrected chi connectivity index (χ1v) is 11.7. The molecule has 4 rings (SSSR count). The Morgan fingerprint density at radius 2 is 1.83 bits per heavy atom. The summed E-state index contributed by atoms with van der Waals surface area (Å²) in [5, 5.41) is 7.33. The Labute approximate surface area is 181 Å². The molecule has 0 bridgehead atoms. The van der Waals surface area contributed by atoms with E-state index in [1.54, 1.807) is 0 Å². The number of aryl methyl sites for hydroxylation is 2. The Morgan fingerprint density at radius 1 is 1.03 bits per heavy atom. The topological polar surface area (TPSA) is 53.1 Å². The lowest BCUT2D eigenvalue weighted by molar-refractivity contribution is 0.323. The van der Waals surface area contributed by atoms with Crippen LogP contribution in [0.5, 0.6) is 0 Å². The normalized spacial score (nSPS) is 21.2. The third kappa shape index (κ3) is 5.31. The summed E-state index contributed by atoms with van der Waals surface area (Å²) in [6, 6.07) is 9.28. The van der Waals surface area contributed by atoms with Crippen molar-refractivity contribution in [2.75, 3.05) is 30.9 Å². The van der Waals surface area contributed by atoms with Gasteiger partial charge in [0.1, 0.15) is 5.82 Å². The van der Waals surface area contributed by atoms with Crippen molar-refractivity contribution in [3.8, 4) is 0 Å². The second-order valence-corrected chi connectivity index (χ2v) is 9.38. The molecule has 5 heteroatoms. The van der Waals surface area contributed by atoms with Gasteiger partial charge in [-0.05, 0) is 76.3 Å². The third-order valence-electron chi connectivity index (χ3n) is 6.61. The SMILES string of the molecule is Cc1cccc(CNCC2CCC(Nc3nc4c(c(N(C)C)n3)CCCC4)CC2)c1. The molecule has 5 nitrogen and oxygen atoms in total. The van der Waals surface area contributed by atoms with Gasteiger partial charge in [0.2, 0.25) is 5.95 Å². The second-order valence-electron chi connectivity index (χ2n) is 9.38. The molecule has 2 aliphatic rings. The lowest BCUT2D eigenvalue weighted by atomic mass is 9.86. The van der Waals surface area contributed by atoms with Crippen molar-refractivity contribution in [2.45, 2.75) is 70.9 Å². The molecule has 0 unspecified atom stereocenters. The van der Waals surface area contributed by atoms with Crippen molar-refractivity contribution in [1.29, 1.82) is 0 Å². The molecule has 30 heavy (non-hydrogen) atoms. The van der Waals surface area contributed by atoms with Gasteiger partial charge in [-0.25, -0.2) is 4.98 Å². The number of anilines is 2. The molecule has 0 saturated heterocycles. The van der Waals surface area contributed by atoms with Crippen LogP contribution in [0.2, 0.25) is 0 Å². The minimum absolute atomic E-state index is 0.495. The molecule has 0 radical (unpaired) electrons. The molecule has 2 aromatic rings. The van der Waals surface area contributed by atoms with Crippen LogP contribution in [-0.4, -0.2) is 36.6 Å². The highest BCUT2D eigenvalue weighted by atomic mass is 15.2. The maximum absolute atomic E-state index is 4.90. The van der Waals surface area contributed by atoms with Crippen molar-refractivity contribution in [3.05, 3.63) is 46.6 Å². The predicted molar refractivity (Wildman–Crippen MR) is 125 cm³/mol. The van der Waals surface area contributed by atoms with Gasteiger partial charge in [-0.3, -0.25) is 0 Å². The number of fused-ring (bicyclic) bond motifs is 1. The Bertz CT molecular complexity index is 839. The highest BCUT2D eigenvalue weighted by Crippen LogP contribution is 2.30. The van der Waals surface area contributed by atoms with Crippen LogP contribution in [0.15, 0.2) is 24.3 Å². The fourth-order valence-corrected chi connectivity index (χ4v) is 4.94. The summed E-state index contributed by atoms with van der Waals surface area (Å²) in [6.07, 6.45) is 9.65. The Kier molecular flexibility index (Phi) is 6.88. The molecule has 0 aliphatic heterocycles. The minimum Gasteiger partial charge on any atom is -0.362 e. The van der Waals surface area contributed by atoms with E-state index in [1.807, 2.05) is 0 Å². The first kappa shape index (κ1) is 21.1. The lowest BCUT2D eigenvalue weighted by Gasteiger charge is -2.30. The molecule has 0 amide bonds. The van der Waals surface area contributed by atoms with E-state index in [0.717, 1.165) is 43.6 Å². The van der Waals surface area contributed by atoms with Crippen LogP contribution in [0.4, 0.5) is 11.8 Å². The van der Waals surface area contributed by atoms with Crippen molar-refractivity contribution in [2.24, 2.45) is 5.92 Å². The van der Waals surface area contributed by atoms with Gasteiger partial charge in [0.15, 0.2) is 0 Å². The summed E-state index contributed by atoms with van der Waals surface area (Å²) in [4.78, 5) is 11.9. The average molecular weight is 408 g/mol. The number of nitrogens with one attached hydrogen (secondary N) is 2. The number of benzene rings is 1. The summed E-state index contributed by atoms with van der Waals surface area (Å²) in [5.41, 5.74) is 5.34. The molecule has 0 atom stereocenters. The van der Waals surface area contributed by atoms with E-state index in [1.165, 1.54) is 60.9 Å². The van der Waals surface area contributed by atoms with E-state index in [-0.39, 0.29) is 0 Å². The molecule has 1 aromatic carbocycles. The highest BCUT2D eigenvalue weighted by Gasteiger charge is 2.23. The van der Waals surface area contributed by atoms with Crippen LogP contribution in [0.1, 0.15) is 60.9 Å². The first-order valence-electron chi connectivity index (χ1n) is 11.7. The minimum atomic E-state index is 0.495. The van der Waals surface area contributed by atoms with Crippen LogP contribution in [0.3, 0.4) is 0 Å². The Hall–Kier alpha value is -2.14. The van der Waals surface area contributed by atoms with E-state index in [2.05, 4.69) is 60.8 Å². The Balaban J connectivity index is 1.27. The second kappa shape index (κ2) is 9.78. The fraction of sp³-hybridized carbons (Fsp3) is 0.600. The molecular formula is C25H37N5. The molecule has 2 aliphatic carbocycles. The number of nitrogens with zero attached hydrogens (tertiary/aromatic N) is 3. The molecule has 1 saturated carbocycles. The van der Waals surface area contributed by atoms with E-state index >= 15 is 0 Å². The van der Waals surface area contributed by atoms with E-state index < -0.39 is 0 Å². The third-order valence-corrected chi connectivity index (χ3v) is 6.61. The summed E-state index contributed by atoms with van der Waals surface area (Å²) >= 11 is 0. The zero-order valence-corrected chi connectivity index (χ0v) is 18.9. The summed E-state index contributed by atoms with van der Waals surface area (Å²) < 4.78 is 0. The van der Waals surface area contributed by atoms with Gasteiger partial charge < -0.3 is 15.5 Å². The van der Waals surface area contributed by atoms with Crippen LogP contribution in [-0.2, 0) is 19.4 Å². The average Bonchev–Trinajstić information content (AvgIpc) is 2.74. The van der Waals surface area contributed by atoms with Crippen LogP contribution >= 0.6 is 0 Å². The maximum Gasteiger partial charge on any atom is 0.225 e. The van der Waals surface area contributed by atoms with E-state index in [9.17, 15) is 0 Å². The molecule has 0 spiro atoms.